The van der Waals surface area contributed by atoms with Gasteiger partial charge in [0.05, 0.1) is 6.54 Å². The summed E-state index contributed by atoms with van der Waals surface area (Å²) in [4.78, 5) is 31.4. The number of carbonyl (C=O) groups is 2. The molecule has 2 aliphatic heterocycles. The number of hydrogen-bond donors (Lipinski definition) is 1. The maximum atomic E-state index is 13.6. The zero-order valence-electron chi connectivity index (χ0n) is 18.0. The van der Waals surface area contributed by atoms with Gasteiger partial charge in [0.15, 0.2) is 0 Å². The lowest BCUT2D eigenvalue weighted by Gasteiger charge is -2.41. The number of carbonyl (C=O) groups excluding carboxylic acids is 2. The number of likely N-dealkylation sites (tertiary alicyclic amines) is 1. The Labute approximate surface area is 188 Å². The molecule has 1 N–H and O–H groups in total. The molecule has 1 atom stereocenters. The summed E-state index contributed by atoms with van der Waals surface area (Å²) in [6.45, 7) is 4.72. The molecule has 2 aliphatic rings. The highest BCUT2D eigenvalue weighted by Crippen LogP contribution is 2.37. The number of nitrogens with zero attached hydrogens (tertiary/aromatic N) is 2. The van der Waals surface area contributed by atoms with Gasteiger partial charge in [0.1, 0.15) is 5.54 Å². The third-order valence-electron chi connectivity index (χ3n) is 6.51. The van der Waals surface area contributed by atoms with E-state index in [-0.39, 0.29) is 24.4 Å². The zero-order valence-corrected chi connectivity index (χ0v) is 18.8. The van der Waals surface area contributed by atoms with Crippen molar-refractivity contribution in [3.8, 4) is 11.8 Å². The van der Waals surface area contributed by atoms with Crippen LogP contribution in [0.15, 0.2) is 47.8 Å². The standard InChI is InChI=1S/C25H29N3O2S/c1-2-3-15-28-23(29)25(26-24(28)30,14-11-20-8-5-4-6-9-20)21-12-16-27(17-13-21)19-22-10-7-18-31-22/h4-10,18,21H,11-17,19H2,1H3,(H,26,30). The molecule has 162 valence electrons. The molecule has 0 bridgehead atoms. The van der Waals surface area contributed by atoms with E-state index in [2.05, 4.69) is 51.7 Å². The first-order valence-corrected chi connectivity index (χ1v) is 11.8. The van der Waals surface area contributed by atoms with E-state index in [4.69, 9.17) is 0 Å². The van der Waals surface area contributed by atoms with E-state index in [1.54, 1.807) is 18.3 Å². The van der Waals surface area contributed by atoms with Gasteiger partial charge in [-0.25, -0.2) is 4.79 Å². The summed E-state index contributed by atoms with van der Waals surface area (Å²) in [6.07, 6.45) is 3.18. The van der Waals surface area contributed by atoms with Crippen LogP contribution in [0.1, 0.15) is 36.6 Å². The summed E-state index contributed by atoms with van der Waals surface area (Å²) in [5, 5.41) is 5.24. The summed E-state index contributed by atoms with van der Waals surface area (Å²) >= 11 is 1.78. The fraction of sp³-hybridized carbons (Fsp3) is 0.440. The molecule has 3 heterocycles. The summed E-state index contributed by atoms with van der Waals surface area (Å²) < 4.78 is 0. The first-order valence-electron chi connectivity index (χ1n) is 10.9. The van der Waals surface area contributed by atoms with Gasteiger partial charge in [-0.3, -0.25) is 14.6 Å². The molecule has 1 unspecified atom stereocenters. The SMILES string of the molecule is CC#CCN1C(=O)NC(CCc2ccccc2)(C2CCN(Cc3cccs3)CC2)C1=O. The van der Waals surface area contributed by atoms with Crippen molar-refractivity contribution in [2.45, 2.75) is 44.7 Å². The lowest BCUT2D eigenvalue weighted by molar-refractivity contribution is -0.134. The molecule has 4 rings (SSSR count). The van der Waals surface area contributed by atoms with Gasteiger partial charge in [-0.1, -0.05) is 42.3 Å². The van der Waals surface area contributed by atoms with Crippen LogP contribution in [0.5, 0.6) is 0 Å². The van der Waals surface area contributed by atoms with Crippen LogP contribution in [0.4, 0.5) is 4.79 Å². The van der Waals surface area contributed by atoms with Gasteiger partial charge < -0.3 is 5.32 Å². The summed E-state index contributed by atoms with van der Waals surface area (Å²) in [6, 6.07) is 14.2. The van der Waals surface area contributed by atoms with E-state index in [1.807, 2.05) is 18.2 Å². The van der Waals surface area contributed by atoms with Crippen LogP contribution in [-0.2, 0) is 17.8 Å². The normalized spacial score (nSPS) is 22.3. The molecule has 0 spiro atoms. The lowest BCUT2D eigenvalue weighted by Crippen LogP contribution is -2.56. The van der Waals surface area contributed by atoms with Crippen LogP contribution in [0.25, 0.3) is 0 Å². The average molecular weight is 436 g/mol. The number of thiophene rings is 1. The van der Waals surface area contributed by atoms with Crippen molar-refractivity contribution in [1.29, 1.82) is 0 Å². The van der Waals surface area contributed by atoms with Gasteiger partial charge >= 0.3 is 6.03 Å². The number of piperidine rings is 1. The zero-order chi connectivity index (χ0) is 21.7. The van der Waals surface area contributed by atoms with Crippen LogP contribution >= 0.6 is 11.3 Å². The van der Waals surface area contributed by atoms with Gasteiger partial charge in [-0.2, -0.15) is 0 Å². The minimum Gasteiger partial charge on any atom is -0.323 e. The molecule has 0 radical (unpaired) electrons. The Balaban J connectivity index is 1.50. The number of benzene rings is 1. The smallest absolute Gasteiger partial charge is 0.323 e. The van der Waals surface area contributed by atoms with E-state index >= 15 is 0 Å². The van der Waals surface area contributed by atoms with Crippen molar-refractivity contribution in [2.75, 3.05) is 19.6 Å². The second-order valence-electron chi connectivity index (χ2n) is 8.33. The largest absolute Gasteiger partial charge is 0.325 e. The fourth-order valence-electron chi connectivity index (χ4n) is 4.79. The van der Waals surface area contributed by atoms with E-state index in [1.165, 1.54) is 15.3 Å². The average Bonchev–Trinajstić information content (AvgIpc) is 3.39. The Morgan fingerprint density at radius 2 is 1.90 bits per heavy atom. The predicted molar refractivity (Wildman–Crippen MR) is 124 cm³/mol. The molecule has 0 saturated carbocycles. The van der Waals surface area contributed by atoms with Crippen molar-refractivity contribution in [3.05, 3.63) is 58.3 Å². The fourth-order valence-corrected chi connectivity index (χ4v) is 5.54. The molecule has 6 heteroatoms. The maximum absolute atomic E-state index is 13.6. The Morgan fingerprint density at radius 1 is 1.13 bits per heavy atom. The molecular weight excluding hydrogens is 406 g/mol. The van der Waals surface area contributed by atoms with Crippen LogP contribution in [0.3, 0.4) is 0 Å². The third kappa shape index (κ3) is 4.68. The number of rotatable bonds is 7. The summed E-state index contributed by atoms with van der Waals surface area (Å²) in [5.41, 5.74) is 0.350. The van der Waals surface area contributed by atoms with Crippen LogP contribution in [-0.4, -0.2) is 46.9 Å². The minimum absolute atomic E-state index is 0.104. The predicted octanol–water partition coefficient (Wildman–Crippen LogP) is 3.91. The first kappa shape index (κ1) is 21.6. The molecule has 2 fully saturated rings. The monoisotopic (exact) mass is 435 g/mol. The molecule has 31 heavy (non-hydrogen) atoms. The maximum Gasteiger partial charge on any atom is 0.325 e. The van der Waals surface area contributed by atoms with Crippen LogP contribution in [0, 0.1) is 17.8 Å². The van der Waals surface area contributed by atoms with Gasteiger partial charge in [0.25, 0.3) is 5.91 Å². The quantitative estimate of drug-likeness (QED) is 0.530. The topological polar surface area (TPSA) is 52.7 Å². The van der Waals surface area contributed by atoms with Crippen molar-refractivity contribution in [3.63, 3.8) is 0 Å². The minimum atomic E-state index is -0.836. The number of imide groups is 1. The van der Waals surface area contributed by atoms with Crippen molar-refractivity contribution >= 4 is 23.3 Å². The van der Waals surface area contributed by atoms with Crippen molar-refractivity contribution < 1.29 is 9.59 Å². The molecule has 2 saturated heterocycles. The number of urea groups is 1. The molecule has 1 aromatic carbocycles. The summed E-state index contributed by atoms with van der Waals surface area (Å²) in [5.74, 6) is 5.71. The van der Waals surface area contributed by atoms with Gasteiger partial charge in [-0.15, -0.1) is 17.3 Å². The molecule has 3 amide bonds. The Morgan fingerprint density at radius 3 is 2.58 bits per heavy atom. The first-order chi connectivity index (χ1) is 15.1. The highest BCUT2D eigenvalue weighted by Gasteiger charge is 2.55. The van der Waals surface area contributed by atoms with Crippen LogP contribution < -0.4 is 5.32 Å². The number of nitrogens with one attached hydrogen (secondary N) is 1. The second-order valence-corrected chi connectivity index (χ2v) is 9.37. The highest BCUT2D eigenvalue weighted by atomic mass is 32.1. The van der Waals surface area contributed by atoms with E-state index in [0.717, 1.165) is 38.9 Å². The molecule has 2 aromatic rings. The van der Waals surface area contributed by atoms with Gasteiger partial charge in [0, 0.05) is 11.4 Å². The lowest BCUT2D eigenvalue weighted by atomic mass is 9.74. The van der Waals surface area contributed by atoms with Crippen LogP contribution in [0.2, 0.25) is 0 Å². The number of amides is 3. The number of hydrogen-bond acceptors (Lipinski definition) is 4. The molecule has 5 nitrogen and oxygen atoms in total. The molecule has 1 aromatic heterocycles. The summed E-state index contributed by atoms with van der Waals surface area (Å²) in [7, 11) is 0. The van der Waals surface area contributed by atoms with Gasteiger partial charge in [-0.05, 0) is 68.6 Å². The second kappa shape index (κ2) is 9.67. The Bertz CT molecular complexity index is 956. The molecule has 0 aliphatic carbocycles. The van der Waals surface area contributed by atoms with E-state index in [9.17, 15) is 9.59 Å². The Hall–Kier alpha value is -2.62. The third-order valence-corrected chi connectivity index (χ3v) is 7.37. The van der Waals surface area contributed by atoms with E-state index < -0.39 is 5.54 Å². The van der Waals surface area contributed by atoms with Crippen molar-refractivity contribution in [2.24, 2.45) is 5.92 Å². The van der Waals surface area contributed by atoms with Crippen molar-refractivity contribution in [1.82, 2.24) is 15.1 Å². The Kier molecular flexibility index (Phi) is 6.74. The highest BCUT2D eigenvalue weighted by molar-refractivity contribution is 7.09. The molecular formula is C25H29N3O2S. The van der Waals surface area contributed by atoms with E-state index in [0.29, 0.717) is 6.42 Å². The number of aryl methyl sites for hydroxylation is 1. The van der Waals surface area contributed by atoms with Gasteiger partial charge in [0.2, 0.25) is 0 Å².